The lowest BCUT2D eigenvalue weighted by molar-refractivity contribution is -0.169. The zero-order valence-electron chi connectivity index (χ0n) is 11.9. The van der Waals surface area contributed by atoms with Crippen LogP contribution in [0, 0.1) is 5.41 Å². The van der Waals surface area contributed by atoms with Gasteiger partial charge in [0.2, 0.25) is 0 Å². The van der Waals surface area contributed by atoms with E-state index in [0.29, 0.717) is 0 Å². The van der Waals surface area contributed by atoms with Gasteiger partial charge in [0, 0.05) is 0 Å². The molecule has 0 saturated heterocycles. The fraction of sp³-hybridized carbons (Fsp3) is 0.467. The molecule has 0 unspecified atom stereocenters. The van der Waals surface area contributed by atoms with E-state index in [9.17, 15) is 9.59 Å². The van der Waals surface area contributed by atoms with Gasteiger partial charge in [0.15, 0.2) is 5.41 Å². The number of methoxy groups -OCH3 is 2. The van der Waals surface area contributed by atoms with Gasteiger partial charge < -0.3 is 9.47 Å². The molecule has 0 bridgehead atoms. The Morgan fingerprint density at radius 2 is 1.84 bits per heavy atom. The fourth-order valence-corrected chi connectivity index (χ4v) is 2.39. The SMILES string of the molecule is C=C(C)C1=CCC(C(=O)OC)(C(=O)OC)C/C1=C\C. The second-order valence-corrected chi connectivity index (χ2v) is 4.66. The Labute approximate surface area is 113 Å². The first kappa shape index (κ1) is 15.2. The first-order chi connectivity index (χ1) is 8.92. The molecule has 4 heteroatoms. The summed E-state index contributed by atoms with van der Waals surface area (Å²) in [6.07, 6.45) is 4.29. The molecular formula is C15H20O4. The van der Waals surface area contributed by atoms with Crippen LogP contribution in [-0.2, 0) is 19.1 Å². The minimum absolute atomic E-state index is 0.270. The minimum Gasteiger partial charge on any atom is -0.468 e. The van der Waals surface area contributed by atoms with Crippen LogP contribution >= 0.6 is 0 Å². The van der Waals surface area contributed by atoms with Gasteiger partial charge in [-0.05, 0) is 37.8 Å². The summed E-state index contributed by atoms with van der Waals surface area (Å²) < 4.78 is 9.57. The van der Waals surface area contributed by atoms with Crippen LogP contribution in [0.4, 0.5) is 0 Å². The van der Waals surface area contributed by atoms with E-state index in [1.807, 2.05) is 26.0 Å². The molecule has 104 valence electrons. The van der Waals surface area contributed by atoms with Crippen molar-refractivity contribution >= 4 is 11.9 Å². The minimum atomic E-state index is -1.27. The second-order valence-electron chi connectivity index (χ2n) is 4.66. The van der Waals surface area contributed by atoms with Crippen molar-refractivity contribution in [1.29, 1.82) is 0 Å². The summed E-state index contributed by atoms with van der Waals surface area (Å²) in [6.45, 7) is 7.69. The van der Waals surface area contributed by atoms with Gasteiger partial charge in [-0.15, -0.1) is 0 Å². The van der Waals surface area contributed by atoms with Crippen LogP contribution in [0.5, 0.6) is 0 Å². The molecule has 0 atom stereocenters. The van der Waals surface area contributed by atoms with Gasteiger partial charge in [-0.2, -0.15) is 0 Å². The lowest BCUT2D eigenvalue weighted by atomic mass is 9.71. The monoisotopic (exact) mass is 264 g/mol. The number of carbonyl (C=O) groups excluding carboxylic acids is 2. The normalized spacial score (nSPS) is 19.6. The molecule has 0 heterocycles. The van der Waals surface area contributed by atoms with Crippen LogP contribution in [0.15, 0.2) is 35.5 Å². The van der Waals surface area contributed by atoms with Gasteiger partial charge in [-0.25, -0.2) is 0 Å². The van der Waals surface area contributed by atoms with Crippen molar-refractivity contribution in [3.8, 4) is 0 Å². The fourth-order valence-electron chi connectivity index (χ4n) is 2.39. The molecule has 4 nitrogen and oxygen atoms in total. The highest BCUT2D eigenvalue weighted by Gasteiger charge is 2.50. The van der Waals surface area contributed by atoms with E-state index in [-0.39, 0.29) is 12.8 Å². The third-order valence-electron chi connectivity index (χ3n) is 3.45. The van der Waals surface area contributed by atoms with E-state index in [0.717, 1.165) is 16.7 Å². The number of hydrogen-bond donors (Lipinski definition) is 0. The summed E-state index contributed by atoms with van der Waals surface area (Å²) in [5, 5.41) is 0. The lowest BCUT2D eigenvalue weighted by Crippen LogP contribution is -2.42. The smallest absolute Gasteiger partial charge is 0.323 e. The Morgan fingerprint density at radius 1 is 1.32 bits per heavy atom. The van der Waals surface area contributed by atoms with Gasteiger partial charge in [0.05, 0.1) is 14.2 Å². The van der Waals surface area contributed by atoms with Gasteiger partial charge in [0.25, 0.3) is 0 Å². The highest BCUT2D eigenvalue weighted by molar-refractivity contribution is 6.01. The standard InChI is InChI=1S/C15H20O4/c1-6-11-9-15(13(16)18-4,14(17)19-5)8-7-12(11)10(2)3/h6-7H,2,8-9H2,1,3-5H3/b11-6+. The molecular weight excluding hydrogens is 244 g/mol. The first-order valence-electron chi connectivity index (χ1n) is 6.11. The van der Waals surface area contributed by atoms with Crippen LogP contribution < -0.4 is 0 Å². The zero-order chi connectivity index (χ0) is 14.6. The molecule has 0 amide bonds. The maximum Gasteiger partial charge on any atom is 0.323 e. The molecule has 0 aromatic rings. The van der Waals surface area contributed by atoms with Crippen LogP contribution in [0.3, 0.4) is 0 Å². The van der Waals surface area contributed by atoms with Gasteiger partial charge >= 0.3 is 11.9 Å². The molecule has 19 heavy (non-hydrogen) atoms. The van der Waals surface area contributed by atoms with E-state index in [1.54, 1.807) is 0 Å². The number of rotatable bonds is 3. The van der Waals surface area contributed by atoms with Crippen molar-refractivity contribution in [3.63, 3.8) is 0 Å². The molecule has 0 aromatic heterocycles. The number of esters is 2. The number of allylic oxidation sites excluding steroid dienone is 5. The highest BCUT2D eigenvalue weighted by atomic mass is 16.5. The molecule has 0 radical (unpaired) electrons. The van der Waals surface area contributed by atoms with Crippen molar-refractivity contribution in [3.05, 3.63) is 35.5 Å². The summed E-state index contributed by atoms with van der Waals surface area (Å²) in [6, 6.07) is 0. The topological polar surface area (TPSA) is 52.6 Å². The number of carbonyl (C=O) groups is 2. The van der Waals surface area contributed by atoms with Crippen LogP contribution in [0.1, 0.15) is 26.7 Å². The molecule has 0 aromatic carbocycles. The summed E-state index contributed by atoms with van der Waals surface area (Å²) in [7, 11) is 2.56. The largest absolute Gasteiger partial charge is 0.468 e. The van der Waals surface area contributed by atoms with Crippen molar-refractivity contribution in [2.75, 3.05) is 14.2 Å². The Kier molecular flexibility index (Phi) is 4.70. The molecule has 0 spiro atoms. The van der Waals surface area contributed by atoms with Crippen molar-refractivity contribution in [2.24, 2.45) is 5.41 Å². The van der Waals surface area contributed by atoms with Crippen molar-refractivity contribution in [2.45, 2.75) is 26.7 Å². The Balaban J connectivity index is 3.29. The van der Waals surface area contributed by atoms with Crippen LogP contribution in [0.25, 0.3) is 0 Å². The quantitative estimate of drug-likeness (QED) is 0.580. The van der Waals surface area contributed by atoms with Gasteiger partial charge in [-0.3, -0.25) is 9.59 Å². The molecule has 0 saturated carbocycles. The van der Waals surface area contributed by atoms with E-state index in [1.165, 1.54) is 14.2 Å². The van der Waals surface area contributed by atoms with E-state index < -0.39 is 17.4 Å². The van der Waals surface area contributed by atoms with E-state index in [2.05, 4.69) is 6.58 Å². The maximum atomic E-state index is 12.0. The van der Waals surface area contributed by atoms with Crippen LogP contribution in [-0.4, -0.2) is 26.2 Å². The van der Waals surface area contributed by atoms with Gasteiger partial charge in [-0.1, -0.05) is 24.3 Å². The third kappa shape index (κ3) is 2.62. The Morgan fingerprint density at radius 3 is 2.21 bits per heavy atom. The molecule has 1 aliphatic carbocycles. The summed E-state index contributed by atoms with van der Waals surface area (Å²) in [5.41, 5.74) is 1.54. The van der Waals surface area contributed by atoms with E-state index in [4.69, 9.17) is 9.47 Å². The first-order valence-corrected chi connectivity index (χ1v) is 6.11. The maximum absolute atomic E-state index is 12.0. The molecule has 0 N–H and O–H groups in total. The number of hydrogen-bond acceptors (Lipinski definition) is 4. The highest BCUT2D eigenvalue weighted by Crippen LogP contribution is 2.42. The second kappa shape index (κ2) is 5.87. The average molecular weight is 264 g/mol. The van der Waals surface area contributed by atoms with Crippen molar-refractivity contribution < 1.29 is 19.1 Å². The van der Waals surface area contributed by atoms with E-state index >= 15 is 0 Å². The number of ether oxygens (including phenoxy) is 2. The third-order valence-corrected chi connectivity index (χ3v) is 3.45. The molecule has 0 fully saturated rings. The predicted molar refractivity (Wildman–Crippen MR) is 72.4 cm³/mol. The molecule has 0 aliphatic heterocycles. The Hall–Kier alpha value is -1.84. The summed E-state index contributed by atoms with van der Waals surface area (Å²) in [5.74, 6) is -1.12. The average Bonchev–Trinajstić information content (AvgIpc) is 2.44. The molecule has 1 aliphatic rings. The van der Waals surface area contributed by atoms with Crippen molar-refractivity contribution in [1.82, 2.24) is 0 Å². The summed E-state index contributed by atoms with van der Waals surface area (Å²) in [4.78, 5) is 24.1. The predicted octanol–water partition coefficient (Wildman–Crippen LogP) is 2.56. The Bertz CT molecular complexity index is 453. The van der Waals surface area contributed by atoms with Crippen LogP contribution in [0.2, 0.25) is 0 Å². The van der Waals surface area contributed by atoms with Gasteiger partial charge in [0.1, 0.15) is 0 Å². The zero-order valence-corrected chi connectivity index (χ0v) is 11.9. The molecule has 1 rings (SSSR count). The summed E-state index contributed by atoms with van der Waals surface area (Å²) >= 11 is 0. The lowest BCUT2D eigenvalue weighted by Gasteiger charge is -2.32.